The lowest BCUT2D eigenvalue weighted by Crippen LogP contribution is -2.55. The van der Waals surface area contributed by atoms with Gasteiger partial charge in [-0.3, -0.25) is 9.69 Å². The minimum absolute atomic E-state index is 0.00258. The maximum atomic E-state index is 13.6. The summed E-state index contributed by atoms with van der Waals surface area (Å²) in [5.74, 6) is -1.19. The molecule has 4 fully saturated rings. The SMILES string of the molecule is CCS(=O)(=O)[C@@H]1C[C@@]23CCO[C@H]4[C@@H]2[C@H](C(=O)N4c2ccc(C#N)c(CF)c2)[C@]1(C)O3. The summed E-state index contributed by atoms with van der Waals surface area (Å²) in [7, 11) is -3.41. The van der Waals surface area contributed by atoms with E-state index in [1.54, 1.807) is 19.9 Å². The van der Waals surface area contributed by atoms with Crippen molar-refractivity contribution in [3.05, 3.63) is 29.3 Å². The average molecular weight is 434 g/mol. The number of sulfone groups is 1. The molecule has 5 rings (SSSR count). The normalized spacial score (nSPS) is 39.3. The number of hydrogen-bond donors (Lipinski definition) is 0. The van der Waals surface area contributed by atoms with Crippen LogP contribution < -0.4 is 4.90 Å². The van der Waals surface area contributed by atoms with Gasteiger partial charge in [-0.05, 0) is 31.5 Å². The molecule has 0 aromatic heterocycles. The van der Waals surface area contributed by atoms with Crippen LogP contribution in [0.4, 0.5) is 10.1 Å². The molecule has 0 radical (unpaired) electrons. The van der Waals surface area contributed by atoms with Gasteiger partial charge < -0.3 is 9.47 Å². The van der Waals surface area contributed by atoms with Crippen LogP contribution in [0.15, 0.2) is 18.2 Å². The summed E-state index contributed by atoms with van der Waals surface area (Å²) in [6.07, 6.45) is 0.314. The van der Waals surface area contributed by atoms with Crippen molar-refractivity contribution in [1.29, 1.82) is 5.26 Å². The van der Waals surface area contributed by atoms with Crippen LogP contribution in [0.3, 0.4) is 0 Å². The van der Waals surface area contributed by atoms with E-state index < -0.39 is 45.1 Å². The predicted octanol–water partition coefficient (Wildman–Crippen LogP) is 2.09. The number of anilines is 1. The fourth-order valence-corrected chi connectivity index (χ4v) is 8.05. The molecule has 6 atom stereocenters. The van der Waals surface area contributed by atoms with Gasteiger partial charge in [0.2, 0.25) is 5.91 Å². The molecule has 160 valence electrons. The van der Waals surface area contributed by atoms with Crippen molar-refractivity contribution < 1.29 is 27.1 Å². The number of rotatable bonds is 4. The van der Waals surface area contributed by atoms with Crippen LogP contribution in [0.25, 0.3) is 0 Å². The minimum atomic E-state index is -3.41. The third kappa shape index (κ3) is 2.30. The lowest BCUT2D eigenvalue weighted by atomic mass is 9.66. The zero-order chi connectivity index (χ0) is 21.5. The van der Waals surface area contributed by atoms with Gasteiger partial charge in [0.15, 0.2) is 9.84 Å². The Labute approximate surface area is 174 Å². The summed E-state index contributed by atoms with van der Waals surface area (Å²) in [5.41, 5.74) is -0.941. The molecule has 4 aliphatic rings. The van der Waals surface area contributed by atoms with E-state index in [-0.39, 0.29) is 28.7 Å². The highest BCUT2D eigenvalue weighted by atomic mass is 32.2. The molecule has 1 aromatic rings. The number of nitriles is 1. The van der Waals surface area contributed by atoms with E-state index in [9.17, 15) is 22.9 Å². The molecule has 1 spiro atoms. The molecule has 4 saturated heterocycles. The number of fused-ring (bicyclic) bond motifs is 2. The highest BCUT2D eigenvalue weighted by Crippen LogP contribution is 2.66. The third-order valence-electron chi connectivity index (χ3n) is 7.52. The molecule has 2 bridgehead atoms. The molecule has 0 saturated carbocycles. The second-order valence-corrected chi connectivity index (χ2v) is 11.3. The van der Waals surface area contributed by atoms with Crippen molar-refractivity contribution >= 4 is 21.4 Å². The zero-order valence-electron chi connectivity index (χ0n) is 16.8. The van der Waals surface area contributed by atoms with E-state index >= 15 is 0 Å². The van der Waals surface area contributed by atoms with Crippen molar-refractivity contribution in [3.8, 4) is 6.07 Å². The Balaban J connectivity index is 1.61. The first-order valence-electron chi connectivity index (χ1n) is 10.2. The number of halogens is 1. The first-order valence-corrected chi connectivity index (χ1v) is 11.9. The standard InChI is InChI=1S/C21H23FN2O5S/c1-3-30(26,27)15-9-21-6-7-28-19-17(21)16(20(15,2)29-21)18(25)24(19)14-5-4-12(11-23)13(8-14)10-22/h4-5,8,15-17,19H,3,6-7,9-10H2,1-2H3/t15-,16-,17+,19+,20-,21+/m1/s1. The quantitative estimate of drug-likeness (QED) is 0.720. The second-order valence-electron chi connectivity index (χ2n) is 8.80. The lowest BCUT2D eigenvalue weighted by molar-refractivity contribution is -0.139. The highest BCUT2D eigenvalue weighted by molar-refractivity contribution is 7.92. The number of amides is 1. The van der Waals surface area contributed by atoms with E-state index in [0.29, 0.717) is 25.1 Å². The van der Waals surface area contributed by atoms with E-state index in [1.807, 2.05) is 6.07 Å². The molecule has 4 aliphatic heterocycles. The van der Waals surface area contributed by atoms with Crippen LogP contribution in [0.2, 0.25) is 0 Å². The fourth-order valence-electron chi connectivity index (χ4n) is 6.21. The van der Waals surface area contributed by atoms with Gasteiger partial charge >= 0.3 is 0 Å². The molecule has 4 heterocycles. The van der Waals surface area contributed by atoms with Crippen molar-refractivity contribution in [2.75, 3.05) is 17.3 Å². The molecule has 0 N–H and O–H groups in total. The number of carbonyl (C=O) groups excluding carboxylic acids is 1. The number of hydrogen-bond acceptors (Lipinski definition) is 6. The third-order valence-corrected chi connectivity index (χ3v) is 9.83. The maximum absolute atomic E-state index is 13.6. The van der Waals surface area contributed by atoms with E-state index in [4.69, 9.17) is 9.47 Å². The smallest absolute Gasteiger partial charge is 0.235 e. The summed E-state index contributed by atoms with van der Waals surface area (Å²) in [6, 6.07) is 6.58. The second kappa shape index (κ2) is 6.25. The van der Waals surface area contributed by atoms with Crippen LogP contribution in [-0.2, 0) is 30.8 Å². The maximum Gasteiger partial charge on any atom is 0.235 e. The number of carbonyl (C=O) groups is 1. The van der Waals surface area contributed by atoms with E-state index in [1.165, 1.54) is 17.0 Å². The van der Waals surface area contributed by atoms with Crippen molar-refractivity contribution in [2.24, 2.45) is 11.8 Å². The summed E-state index contributed by atoms with van der Waals surface area (Å²) in [5, 5.41) is 8.44. The van der Waals surface area contributed by atoms with Gasteiger partial charge in [0.1, 0.15) is 12.9 Å². The molecule has 1 amide bonds. The van der Waals surface area contributed by atoms with E-state index in [0.717, 1.165) is 0 Å². The van der Waals surface area contributed by atoms with Gasteiger partial charge in [-0.25, -0.2) is 12.8 Å². The number of alkyl halides is 1. The molecule has 0 aliphatic carbocycles. The van der Waals surface area contributed by atoms with Gasteiger partial charge in [-0.1, -0.05) is 6.92 Å². The van der Waals surface area contributed by atoms with Crippen LogP contribution in [0.5, 0.6) is 0 Å². The zero-order valence-corrected chi connectivity index (χ0v) is 17.6. The Morgan fingerprint density at radius 2 is 2.17 bits per heavy atom. The van der Waals surface area contributed by atoms with Crippen molar-refractivity contribution in [3.63, 3.8) is 0 Å². The lowest BCUT2D eigenvalue weighted by Gasteiger charge is -2.42. The molecule has 7 nitrogen and oxygen atoms in total. The Morgan fingerprint density at radius 1 is 1.40 bits per heavy atom. The van der Waals surface area contributed by atoms with Gasteiger partial charge in [0, 0.05) is 29.3 Å². The Hall–Kier alpha value is -2.02. The summed E-state index contributed by atoms with van der Waals surface area (Å²) in [6.45, 7) is 2.88. The van der Waals surface area contributed by atoms with Crippen molar-refractivity contribution in [2.45, 2.75) is 56.0 Å². The largest absolute Gasteiger partial charge is 0.366 e. The van der Waals surface area contributed by atoms with E-state index in [2.05, 4.69) is 0 Å². The topological polar surface area (TPSA) is 96.7 Å². The number of benzene rings is 1. The molecule has 30 heavy (non-hydrogen) atoms. The minimum Gasteiger partial charge on any atom is -0.366 e. The molecular formula is C21H23FN2O5S. The molecule has 9 heteroatoms. The van der Waals surface area contributed by atoms with Crippen molar-refractivity contribution in [1.82, 2.24) is 0 Å². The molecule has 0 unspecified atom stereocenters. The summed E-state index contributed by atoms with van der Waals surface area (Å²) in [4.78, 5) is 15.2. The summed E-state index contributed by atoms with van der Waals surface area (Å²) >= 11 is 0. The van der Waals surface area contributed by atoms with Crippen LogP contribution in [-0.4, -0.2) is 49.4 Å². The molecular weight excluding hydrogens is 411 g/mol. The van der Waals surface area contributed by atoms with Crippen LogP contribution >= 0.6 is 0 Å². The Morgan fingerprint density at radius 3 is 2.83 bits per heavy atom. The Bertz CT molecular complexity index is 1090. The first kappa shape index (κ1) is 19.9. The Kier molecular flexibility index (Phi) is 4.15. The van der Waals surface area contributed by atoms with Gasteiger partial charge in [0.25, 0.3) is 0 Å². The van der Waals surface area contributed by atoms with Crippen LogP contribution in [0.1, 0.15) is 37.8 Å². The van der Waals surface area contributed by atoms with Crippen LogP contribution in [0, 0.1) is 23.2 Å². The van der Waals surface area contributed by atoms with Gasteiger partial charge in [-0.15, -0.1) is 0 Å². The number of nitrogens with zero attached hydrogens (tertiary/aromatic N) is 2. The molecule has 1 aromatic carbocycles. The monoisotopic (exact) mass is 434 g/mol. The first-order chi connectivity index (χ1) is 14.2. The van der Waals surface area contributed by atoms with Gasteiger partial charge in [0.05, 0.1) is 40.6 Å². The summed E-state index contributed by atoms with van der Waals surface area (Å²) < 4.78 is 51.6. The highest BCUT2D eigenvalue weighted by Gasteiger charge is 2.79. The average Bonchev–Trinajstić information content (AvgIpc) is 3.31. The predicted molar refractivity (Wildman–Crippen MR) is 105 cm³/mol. The fraction of sp³-hybridized carbons (Fsp3) is 0.619. The van der Waals surface area contributed by atoms with Gasteiger partial charge in [-0.2, -0.15) is 5.26 Å². The number of ether oxygens (including phenoxy) is 2.